The van der Waals surface area contributed by atoms with Crippen LogP contribution in [0.3, 0.4) is 0 Å². The number of imide groups is 1. The second kappa shape index (κ2) is 7.18. The summed E-state index contributed by atoms with van der Waals surface area (Å²) in [5.74, 6) is -0.471. The summed E-state index contributed by atoms with van der Waals surface area (Å²) in [6.45, 7) is 0.425. The Bertz CT molecular complexity index is 947. The third-order valence-electron chi connectivity index (χ3n) is 4.36. The molecule has 2 aromatic rings. The normalized spacial score (nSPS) is 18.0. The summed E-state index contributed by atoms with van der Waals surface area (Å²) in [6, 6.07) is 8.51. The average Bonchev–Trinajstić information content (AvgIpc) is 2.97. The molecule has 0 saturated carbocycles. The van der Waals surface area contributed by atoms with Gasteiger partial charge in [-0.2, -0.15) is 0 Å². The van der Waals surface area contributed by atoms with Crippen LogP contribution in [0, 0.1) is 5.82 Å². The van der Waals surface area contributed by atoms with E-state index in [0.29, 0.717) is 36.0 Å². The maximum Gasteiger partial charge on any atom is 0.325 e. The van der Waals surface area contributed by atoms with Gasteiger partial charge in [0.15, 0.2) is 11.5 Å². The van der Waals surface area contributed by atoms with Crippen molar-refractivity contribution in [1.29, 1.82) is 0 Å². The number of rotatable bonds is 4. The van der Waals surface area contributed by atoms with Crippen LogP contribution >= 0.6 is 0 Å². The summed E-state index contributed by atoms with van der Waals surface area (Å²) in [7, 11) is 0. The highest BCUT2D eigenvalue weighted by Crippen LogP contribution is 2.32. The van der Waals surface area contributed by atoms with Crippen LogP contribution in [0.2, 0.25) is 0 Å². The predicted molar refractivity (Wildman–Crippen MR) is 95.4 cm³/mol. The maximum absolute atomic E-state index is 13.1. The van der Waals surface area contributed by atoms with Crippen molar-refractivity contribution >= 4 is 23.5 Å². The van der Waals surface area contributed by atoms with Crippen LogP contribution in [-0.2, 0) is 9.59 Å². The number of carbonyl (C=O) groups is 3. The molecule has 144 valence electrons. The summed E-state index contributed by atoms with van der Waals surface area (Å²) >= 11 is 0. The third kappa shape index (κ3) is 3.46. The number of hydrogen-bond acceptors (Lipinski definition) is 5. The van der Waals surface area contributed by atoms with Crippen LogP contribution < -0.4 is 20.1 Å². The van der Waals surface area contributed by atoms with Crippen molar-refractivity contribution < 1.29 is 28.2 Å². The predicted octanol–water partition coefficient (Wildman–Crippen LogP) is 1.83. The molecular weight excluding hydrogens is 369 g/mol. The highest BCUT2D eigenvalue weighted by Gasteiger charge is 2.39. The first-order valence-electron chi connectivity index (χ1n) is 8.58. The first-order valence-corrected chi connectivity index (χ1v) is 8.58. The minimum atomic E-state index is -0.949. The van der Waals surface area contributed by atoms with Crippen molar-refractivity contribution in [3.63, 3.8) is 0 Å². The fraction of sp³-hybridized carbons (Fsp3) is 0.211. The number of nitrogens with zero attached hydrogens (tertiary/aromatic N) is 1. The van der Waals surface area contributed by atoms with Crippen molar-refractivity contribution in [1.82, 2.24) is 10.2 Å². The van der Waals surface area contributed by atoms with E-state index in [4.69, 9.17) is 9.47 Å². The number of carbonyl (C=O) groups excluding carboxylic acids is 3. The van der Waals surface area contributed by atoms with Gasteiger partial charge in [-0.05, 0) is 29.8 Å². The summed E-state index contributed by atoms with van der Waals surface area (Å²) in [6.07, 6.45) is 0. The van der Waals surface area contributed by atoms with Crippen molar-refractivity contribution in [2.24, 2.45) is 0 Å². The van der Waals surface area contributed by atoms with E-state index < -0.39 is 36.2 Å². The first kappa shape index (κ1) is 17.8. The van der Waals surface area contributed by atoms with Gasteiger partial charge in [-0.25, -0.2) is 9.18 Å². The van der Waals surface area contributed by atoms with E-state index in [-0.39, 0.29) is 0 Å². The number of amides is 4. The van der Waals surface area contributed by atoms with Crippen LogP contribution in [0.5, 0.6) is 11.5 Å². The molecule has 28 heavy (non-hydrogen) atoms. The van der Waals surface area contributed by atoms with Gasteiger partial charge in [-0.3, -0.25) is 14.5 Å². The second-order valence-corrected chi connectivity index (χ2v) is 6.27. The fourth-order valence-corrected chi connectivity index (χ4v) is 3.02. The molecule has 4 rings (SSSR count). The van der Waals surface area contributed by atoms with Crippen LogP contribution in [0.4, 0.5) is 14.9 Å². The number of hydrogen-bond donors (Lipinski definition) is 2. The van der Waals surface area contributed by atoms with E-state index in [1.165, 1.54) is 24.3 Å². The number of urea groups is 1. The molecule has 0 radical (unpaired) electrons. The molecule has 2 heterocycles. The van der Waals surface area contributed by atoms with Gasteiger partial charge < -0.3 is 20.1 Å². The molecule has 9 heteroatoms. The van der Waals surface area contributed by atoms with Gasteiger partial charge >= 0.3 is 6.03 Å². The molecule has 0 spiro atoms. The molecule has 0 aliphatic carbocycles. The lowest BCUT2D eigenvalue weighted by atomic mass is 10.1. The molecule has 2 N–H and O–H groups in total. The van der Waals surface area contributed by atoms with Gasteiger partial charge in [0.25, 0.3) is 5.91 Å². The number of anilines is 1. The summed E-state index contributed by atoms with van der Waals surface area (Å²) in [5, 5.41) is 5.12. The number of nitrogens with one attached hydrogen (secondary N) is 2. The Hall–Kier alpha value is -3.62. The van der Waals surface area contributed by atoms with E-state index in [1.807, 2.05) is 0 Å². The monoisotopic (exact) mass is 385 g/mol. The Labute approximate surface area is 159 Å². The van der Waals surface area contributed by atoms with Gasteiger partial charge in [-0.1, -0.05) is 12.1 Å². The molecule has 2 aliphatic rings. The first-order chi connectivity index (χ1) is 13.5. The molecule has 4 amide bonds. The molecule has 1 fully saturated rings. The fourth-order valence-electron chi connectivity index (χ4n) is 3.02. The van der Waals surface area contributed by atoms with Gasteiger partial charge in [0, 0.05) is 11.8 Å². The van der Waals surface area contributed by atoms with E-state index in [9.17, 15) is 18.8 Å². The zero-order chi connectivity index (χ0) is 19.7. The zero-order valence-corrected chi connectivity index (χ0v) is 14.6. The summed E-state index contributed by atoms with van der Waals surface area (Å²) in [5.41, 5.74) is 0.894. The minimum Gasteiger partial charge on any atom is -0.486 e. The van der Waals surface area contributed by atoms with Crippen molar-refractivity contribution in [2.75, 3.05) is 25.1 Å². The lowest BCUT2D eigenvalue weighted by Crippen LogP contribution is -2.38. The molecule has 2 aliphatic heterocycles. The number of fused-ring (bicyclic) bond motifs is 1. The van der Waals surface area contributed by atoms with Crippen LogP contribution in [0.25, 0.3) is 0 Å². The second-order valence-electron chi connectivity index (χ2n) is 6.27. The highest BCUT2D eigenvalue weighted by atomic mass is 19.1. The van der Waals surface area contributed by atoms with Gasteiger partial charge in [0.2, 0.25) is 5.91 Å². The summed E-state index contributed by atoms with van der Waals surface area (Å²) in [4.78, 5) is 37.8. The van der Waals surface area contributed by atoms with E-state index in [2.05, 4.69) is 10.6 Å². The molecule has 0 unspecified atom stereocenters. The highest BCUT2D eigenvalue weighted by molar-refractivity contribution is 6.08. The minimum absolute atomic E-state index is 0.414. The molecule has 1 atom stereocenters. The molecule has 0 bridgehead atoms. The van der Waals surface area contributed by atoms with E-state index >= 15 is 0 Å². The van der Waals surface area contributed by atoms with Crippen LogP contribution in [-0.4, -0.2) is 42.5 Å². The van der Waals surface area contributed by atoms with E-state index in [0.717, 1.165) is 4.90 Å². The van der Waals surface area contributed by atoms with Crippen molar-refractivity contribution in [3.05, 3.63) is 53.8 Å². The number of ether oxygens (including phenoxy) is 2. The molecular formula is C19H16FN3O5. The SMILES string of the molecule is O=C(CN1C(=O)N[C@H](c2ccc(F)cc2)C1=O)Nc1ccc2c(c1)OCCO2. The summed E-state index contributed by atoms with van der Waals surface area (Å²) < 4.78 is 23.9. The van der Waals surface area contributed by atoms with Crippen LogP contribution in [0.1, 0.15) is 11.6 Å². The third-order valence-corrected chi connectivity index (χ3v) is 4.36. The topological polar surface area (TPSA) is 97.0 Å². The Kier molecular flexibility index (Phi) is 4.56. The average molecular weight is 385 g/mol. The lowest BCUT2D eigenvalue weighted by Gasteiger charge is -2.19. The van der Waals surface area contributed by atoms with Gasteiger partial charge in [0.05, 0.1) is 0 Å². The van der Waals surface area contributed by atoms with Crippen LogP contribution in [0.15, 0.2) is 42.5 Å². The van der Waals surface area contributed by atoms with Gasteiger partial charge in [0.1, 0.15) is 31.6 Å². The Morgan fingerprint density at radius 3 is 2.57 bits per heavy atom. The lowest BCUT2D eigenvalue weighted by molar-refractivity contribution is -0.130. The Morgan fingerprint density at radius 2 is 1.82 bits per heavy atom. The molecule has 1 saturated heterocycles. The zero-order valence-electron chi connectivity index (χ0n) is 14.6. The quantitative estimate of drug-likeness (QED) is 0.783. The van der Waals surface area contributed by atoms with Crippen molar-refractivity contribution in [3.8, 4) is 11.5 Å². The number of halogens is 1. The van der Waals surface area contributed by atoms with Crippen molar-refractivity contribution in [2.45, 2.75) is 6.04 Å². The van der Waals surface area contributed by atoms with Gasteiger partial charge in [-0.15, -0.1) is 0 Å². The standard InChI is InChI=1S/C19H16FN3O5/c20-12-3-1-11(2-4-12)17-18(25)23(19(26)22-17)10-16(24)21-13-5-6-14-15(9-13)28-8-7-27-14/h1-6,9,17H,7-8,10H2,(H,21,24)(H,22,26)/t17-/m1/s1. The Morgan fingerprint density at radius 1 is 1.11 bits per heavy atom. The molecule has 0 aromatic heterocycles. The number of benzene rings is 2. The molecule has 2 aromatic carbocycles. The maximum atomic E-state index is 13.1. The van der Waals surface area contributed by atoms with E-state index in [1.54, 1.807) is 18.2 Å². The Balaban J connectivity index is 1.42. The smallest absolute Gasteiger partial charge is 0.325 e. The largest absolute Gasteiger partial charge is 0.486 e. The molecule has 8 nitrogen and oxygen atoms in total.